The fourth-order valence-corrected chi connectivity index (χ4v) is 2.61. The van der Waals surface area contributed by atoms with Crippen LogP contribution in [0, 0.1) is 0 Å². The molecule has 15 heavy (non-hydrogen) atoms. The van der Waals surface area contributed by atoms with Crippen LogP contribution in [0.4, 0.5) is 0 Å². The quantitative estimate of drug-likeness (QED) is 0.798. The number of aliphatic hydroxyl groups is 1. The highest BCUT2D eigenvalue weighted by molar-refractivity contribution is 9.11. The molecule has 3 heteroatoms. The molecule has 0 aromatic heterocycles. The van der Waals surface area contributed by atoms with Gasteiger partial charge in [0, 0.05) is 8.95 Å². The molecule has 0 fully saturated rings. The third-order valence-electron chi connectivity index (χ3n) is 2.30. The van der Waals surface area contributed by atoms with Gasteiger partial charge >= 0.3 is 0 Å². The molecule has 1 N–H and O–H groups in total. The number of benzene rings is 1. The van der Waals surface area contributed by atoms with E-state index in [-0.39, 0.29) is 0 Å². The van der Waals surface area contributed by atoms with Gasteiger partial charge in [-0.15, -0.1) is 0 Å². The molecule has 1 unspecified atom stereocenters. The van der Waals surface area contributed by atoms with Crippen molar-refractivity contribution in [2.75, 3.05) is 0 Å². The zero-order valence-electron chi connectivity index (χ0n) is 8.63. The first kappa shape index (κ1) is 12.9. The summed E-state index contributed by atoms with van der Waals surface area (Å²) in [4.78, 5) is 0. The number of hydrogen-bond acceptors (Lipinski definition) is 1. The summed E-state index contributed by atoms with van der Waals surface area (Å²) in [5.41, 5.74) is 1.98. The predicted molar refractivity (Wildman–Crippen MR) is 70.8 cm³/mol. The Bertz CT molecular complexity index is 361. The molecule has 1 nitrogen and oxygen atoms in total. The Morgan fingerprint density at radius 2 is 2.13 bits per heavy atom. The zero-order chi connectivity index (χ0) is 11.4. The largest absolute Gasteiger partial charge is 0.388 e. The van der Waals surface area contributed by atoms with Gasteiger partial charge in [-0.3, -0.25) is 0 Å². The molecule has 0 aliphatic rings. The van der Waals surface area contributed by atoms with Crippen LogP contribution in [-0.4, -0.2) is 5.11 Å². The fourth-order valence-electron chi connectivity index (χ4n) is 1.30. The van der Waals surface area contributed by atoms with Crippen LogP contribution in [0.1, 0.15) is 31.4 Å². The normalized spacial score (nSPS) is 12.5. The molecule has 1 atom stereocenters. The molecule has 0 amide bonds. The van der Waals surface area contributed by atoms with Crippen LogP contribution < -0.4 is 0 Å². The molecular weight excluding hydrogens is 320 g/mol. The maximum absolute atomic E-state index is 9.99. The van der Waals surface area contributed by atoms with Gasteiger partial charge in [0.1, 0.15) is 0 Å². The highest BCUT2D eigenvalue weighted by Crippen LogP contribution is 2.30. The van der Waals surface area contributed by atoms with Crippen LogP contribution in [0.2, 0.25) is 0 Å². The lowest BCUT2D eigenvalue weighted by atomic mass is 10.0. The van der Waals surface area contributed by atoms with Gasteiger partial charge in [0.2, 0.25) is 0 Å². The van der Waals surface area contributed by atoms with Gasteiger partial charge in [0.15, 0.2) is 0 Å². The maximum Gasteiger partial charge on any atom is 0.0837 e. The van der Waals surface area contributed by atoms with E-state index in [1.54, 1.807) is 0 Å². The van der Waals surface area contributed by atoms with Crippen LogP contribution in [0.15, 0.2) is 39.3 Å². The summed E-state index contributed by atoms with van der Waals surface area (Å²) >= 11 is 6.82. The van der Waals surface area contributed by atoms with Crippen molar-refractivity contribution < 1.29 is 5.11 Å². The Labute approximate surface area is 107 Å². The second-order valence-corrected chi connectivity index (χ2v) is 5.26. The standard InChI is InChI=1S/C12H14Br2O/c1-3-8(2)6-12(15)10-5-4-9(13)7-11(10)14/h4-5,7,12,15H,2-3,6H2,1H3. The molecule has 0 radical (unpaired) electrons. The molecule has 0 heterocycles. The van der Waals surface area contributed by atoms with E-state index in [2.05, 4.69) is 38.4 Å². The first-order valence-corrected chi connectivity index (χ1v) is 6.42. The molecule has 0 bridgehead atoms. The van der Waals surface area contributed by atoms with Crippen molar-refractivity contribution in [2.24, 2.45) is 0 Å². The average Bonchev–Trinajstić information content (AvgIpc) is 2.17. The van der Waals surface area contributed by atoms with Gasteiger partial charge in [-0.1, -0.05) is 57.0 Å². The molecule has 82 valence electrons. The molecule has 0 saturated heterocycles. The first-order valence-electron chi connectivity index (χ1n) is 4.84. The van der Waals surface area contributed by atoms with Crippen molar-refractivity contribution in [1.82, 2.24) is 0 Å². The van der Waals surface area contributed by atoms with Gasteiger partial charge in [0.25, 0.3) is 0 Å². The molecule has 1 aromatic rings. The minimum atomic E-state index is -0.472. The Hall–Kier alpha value is -0.120. The third kappa shape index (κ3) is 3.74. The molecule has 1 aromatic carbocycles. The fraction of sp³-hybridized carbons (Fsp3) is 0.333. The molecular formula is C12H14Br2O. The monoisotopic (exact) mass is 332 g/mol. The highest BCUT2D eigenvalue weighted by atomic mass is 79.9. The van der Waals surface area contributed by atoms with Gasteiger partial charge in [-0.2, -0.15) is 0 Å². The van der Waals surface area contributed by atoms with Crippen molar-refractivity contribution in [3.63, 3.8) is 0 Å². The Morgan fingerprint density at radius 1 is 1.47 bits per heavy atom. The molecule has 0 spiro atoms. The summed E-state index contributed by atoms with van der Waals surface area (Å²) in [7, 11) is 0. The van der Waals surface area contributed by atoms with Crippen molar-refractivity contribution in [1.29, 1.82) is 0 Å². The summed E-state index contributed by atoms with van der Waals surface area (Å²) < 4.78 is 1.92. The van der Waals surface area contributed by atoms with Crippen LogP contribution >= 0.6 is 31.9 Å². The second kappa shape index (κ2) is 5.83. The minimum Gasteiger partial charge on any atom is -0.388 e. The number of rotatable bonds is 4. The highest BCUT2D eigenvalue weighted by Gasteiger charge is 2.12. The van der Waals surface area contributed by atoms with Crippen LogP contribution in [-0.2, 0) is 0 Å². The number of halogens is 2. The van der Waals surface area contributed by atoms with Crippen molar-refractivity contribution in [3.8, 4) is 0 Å². The van der Waals surface area contributed by atoms with E-state index in [1.165, 1.54) is 0 Å². The summed E-state index contributed by atoms with van der Waals surface area (Å²) in [6.45, 7) is 5.95. The lowest BCUT2D eigenvalue weighted by molar-refractivity contribution is 0.177. The topological polar surface area (TPSA) is 20.2 Å². The van der Waals surface area contributed by atoms with Gasteiger partial charge < -0.3 is 5.11 Å². The molecule has 0 saturated carbocycles. The summed E-state index contributed by atoms with van der Waals surface area (Å²) in [5, 5.41) is 9.99. The molecule has 0 aliphatic heterocycles. The van der Waals surface area contributed by atoms with Crippen molar-refractivity contribution in [3.05, 3.63) is 44.9 Å². The summed E-state index contributed by atoms with van der Waals surface area (Å²) in [6, 6.07) is 5.78. The Balaban J connectivity index is 2.82. The van der Waals surface area contributed by atoms with E-state index in [9.17, 15) is 5.11 Å². The molecule has 0 aliphatic carbocycles. The van der Waals surface area contributed by atoms with E-state index < -0.39 is 6.10 Å². The van der Waals surface area contributed by atoms with Gasteiger partial charge in [0.05, 0.1) is 6.10 Å². The Kier molecular flexibility index (Phi) is 5.03. The Morgan fingerprint density at radius 3 is 2.67 bits per heavy atom. The number of hydrogen-bond donors (Lipinski definition) is 1. The SMILES string of the molecule is C=C(CC)CC(O)c1ccc(Br)cc1Br. The van der Waals surface area contributed by atoms with E-state index >= 15 is 0 Å². The summed E-state index contributed by atoms with van der Waals surface area (Å²) in [6.07, 6.45) is 1.06. The van der Waals surface area contributed by atoms with Crippen molar-refractivity contribution >= 4 is 31.9 Å². The number of aliphatic hydroxyl groups excluding tert-OH is 1. The van der Waals surface area contributed by atoms with Crippen LogP contribution in [0.25, 0.3) is 0 Å². The lowest BCUT2D eigenvalue weighted by Gasteiger charge is -2.13. The van der Waals surface area contributed by atoms with Gasteiger partial charge in [-0.25, -0.2) is 0 Å². The third-order valence-corrected chi connectivity index (χ3v) is 3.48. The van der Waals surface area contributed by atoms with Crippen molar-refractivity contribution in [2.45, 2.75) is 25.9 Å². The van der Waals surface area contributed by atoms with Crippen LogP contribution in [0.3, 0.4) is 0 Å². The maximum atomic E-state index is 9.99. The first-order chi connectivity index (χ1) is 7.04. The summed E-state index contributed by atoms with van der Waals surface area (Å²) in [5.74, 6) is 0. The van der Waals surface area contributed by atoms with E-state index in [4.69, 9.17) is 0 Å². The second-order valence-electron chi connectivity index (χ2n) is 3.49. The van der Waals surface area contributed by atoms with Gasteiger partial charge in [-0.05, 0) is 30.5 Å². The molecule has 1 rings (SSSR count). The minimum absolute atomic E-state index is 0.472. The van der Waals surface area contributed by atoms with E-state index in [1.807, 2.05) is 25.1 Å². The van der Waals surface area contributed by atoms with E-state index in [0.29, 0.717) is 6.42 Å². The van der Waals surface area contributed by atoms with E-state index in [0.717, 1.165) is 26.5 Å². The predicted octanol–water partition coefficient (Wildman–Crippen LogP) is 4.60. The zero-order valence-corrected chi connectivity index (χ0v) is 11.8. The lowest BCUT2D eigenvalue weighted by Crippen LogP contribution is -1.99. The average molecular weight is 334 g/mol. The smallest absolute Gasteiger partial charge is 0.0837 e. The van der Waals surface area contributed by atoms with Crippen LogP contribution in [0.5, 0.6) is 0 Å².